The van der Waals surface area contributed by atoms with Crippen LogP contribution in [0.1, 0.15) is 55.5 Å². The molecule has 0 spiro atoms. The number of likely N-dealkylation sites (tertiary alicyclic amines) is 1. The SMILES string of the molecule is CCNC(=NCc1ccc(C(=O)N(C)C)cc1)NCCCN1CCCCC1C.I. The van der Waals surface area contributed by atoms with Crippen LogP contribution in [0.3, 0.4) is 0 Å². The van der Waals surface area contributed by atoms with Gasteiger partial charge in [0.25, 0.3) is 5.91 Å². The van der Waals surface area contributed by atoms with E-state index in [0.29, 0.717) is 12.1 Å². The summed E-state index contributed by atoms with van der Waals surface area (Å²) in [5, 5.41) is 6.75. The Balaban J connectivity index is 0.00000420. The molecule has 1 heterocycles. The molecule has 0 aliphatic carbocycles. The van der Waals surface area contributed by atoms with Gasteiger partial charge in [-0.3, -0.25) is 4.79 Å². The van der Waals surface area contributed by atoms with E-state index in [9.17, 15) is 4.79 Å². The van der Waals surface area contributed by atoms with Gasteiger partial charge in [-0.25, -0.2) is 4.99 Å². The van der Waals surface area contributed by atoms with E-state index in [1.54, 1.807) is 19.0 Å². The van der Waals surface area contributed by atoms with Crippen molar-refractivity contribution in [2.75, 3.05) is 40.3 Å². The van der Waals surface area contributed by atoms with Gasteiger partial charge < -0.3 is 20.4 Å². The standard InChI is InChI=1S/C22H37N5O.HI/c1-5-23-22(24-14-8-16-27-15-7-6-9-18(27)2)25-17-19-10-12-20(13-11-19)21(28)26(3)4;/h10-13,18H,5-9,14-17H2,1-4H3,(H2,23,24,25);1H. The van der Waals surface area contributed by atoms with Crippen LogP contribution in [0.2, 0.25) is 0 Å². The Morgan fingerprint density at radius 3 is 2.55 bits per heavy atom. The maximum atomic E-state index is 12.0. The average Bonchev–Trinajstić information content (AvgIpc) is 2.70. The predicted molar refractivity (Wildman–Crippen MR) is 132 cm³/mol. The van der Waals surface area contributed by atoms with Gasteiger partial charge in [0.05, 0.1) is 6.54 Å². The van der Waals surface area contributed by atoms with Crippen LogP contribution in [0.15, 0.2) is 29.3 Å². The minimum absolute atomic E-state index is 0. The third-order valence-corrected chi connectivity index (χ3v) is 5.23. The number of hydrogen-bond donors (Lipinski definition) is 2. The summed E-state index contributed by atoms with van der Waals surface area (Å²) in [6.45, 7) is 9.16. The number of hydrogen-bond acceptors (Lipinski definition) is 3. The first-order valence-corrected chi connectivity index (χ1v) is 10.6. The Morgan fingerprint density at radius 1 is 1.21 bits per heavy atom. The summed E-state index contributed by atoms with van der Waals surface area (Å²) in [5.74, 6) is 0.871. The predicted octanol–water partition coefficient (Wildman–Crippen LogP) is 3.33. The van der Waals surface area contributed by atoms with Crippen LogP contribution in [-0.4, -0.2) is 68.0 Å². The highest BCUT2D eigenvalue weighted by molar-refractivity contribution is 14.0. The summed E-state index contributed by atoms with van der Waals surface area (Å²) in [6.07, 6.45) is 5.16. The van der Waals surface area contributed by atoms with Gasteiger partial charge in [-0.05, 0) is 57.4 Å². The molecule has 1 amide bonds. The number of nitrogens with one attached hydrogen (secondary N) is 2. The molecular formula is C22H38IN5O. The van der Waals surface area contributed by atoms with E-state index < -0.39 is 0 Å². The van der Waals surface area contributed by atoms with E-state index in [4.69, 9.17) is 0 Å². The van der Waals surface area contributed by atoms with Crippen molar-refractivity contribution in [2.24, 2.45) is 4.99 Å². The van der Waals surface area contributed by atoms with Crippen molar-refractivity contribution in [1.82, 2.24) is 20.4 Å². The topological polar surface area (TPSA) is 60.0 Å². The first-order valence-electron chi connectivity index (χ1n) is 10.6. The summed E-state index contributed by atoms with van der Waals surface area (Å²) >= 11 is 0. The zero-order valence-electron chi connectivity index (χ0n) is 18.4. The van der Waals surface area contributed by atoms with Gasteiger partial charge in [0.1, 0.15) is 0 Å². The summed E-state index contributed by atoms with van der Waals surface area (Å²) < 4.78 is 0. The molecule has 29 heavy (non-hydrogen) atoms. The van der Waals surface area contributed by atoms with Gasteiger partial charge in [0.2, 0.25) is 0 Å². The molecule has 0 bridgehead atoms. The molecule has 1 aromatic rings. The fourth-order valence-electron chi connectivity index (χ4n) is 3.50. The molecule has 1 saturated heterocycles. The molecule has 1 aliphatic rings. The van der Waals surface area contributed by atoms with E-state index in [1.807, 2.05) is 24.3 Å². The second kappa shape index (κ2) is 13.8. The monoisotopic (exact) mass is 515 g/mol. The molecule has 1 atom stereocenters. The lowest BCUT2D eigenvalue weighted by Gasteiger charge is -2.33. The van der Waals surface area contributed by atoms with Gasteiger partial charge in [0, 0.05) is 45.3 Å². The largest absolute Gasteiger partial charge is 0.357 e. The first-order chi connectivity index (χ1) is 13.5. The minimum Gasteiger partial charge on any atom is -0.357 e. The number of guanidine groups is 1. The average molecular weight is 515 g/mol. The zero-order valence-corrected chi connectivity index (χ0v) is 20.7. The van der Waals surface area contributed by atoms with Crippen LogP contribution in [0.5, 0.6) is 0 Å². The molecular weight excluding hydrogens is 477 g/mol. The number of halogens is 1. The molecule has 0 saturated carbocycles. The quantitative estimate of drug-likeness (QED) is 0.242. The van der Waals surface area contributed by atoms with Crippen molar-refractivity contribution in [2.45, 2.75) is 52.1 Å². The van der Waals surface area contributed by atoms with E-state index in [0.717, 1.165) is 43.6 Å². The Morgan fingerprint density at radius 2 is 1.93 bits per heavy atom. The van der Waals surface area contributed by atoms with Crippen LogP contribution >= 0.6 is 24.0 Å². The van der Waals surface area contributed by atoms with Crippen molar-refractivity contribution in [3.63, 3.8) is 0 Å². The van der Waals surface area contributed by atoms with Crippen molar-refractivity contribution in [1.29, 1.82) is 0 Å². The third-order valence-electron chi connectivity index (χ3n) is 5.23. The number of nitrogens with zero attached hydrogens (tertiary/aromatic N) is 3. The Labute approximate surface area is 193 Å². The molecule has 0 radical (unpaired) electrons. The van der Waals surface area contributed by atoms with E-state index in [-0.39, 0.29) is 29.9 Å². The molecule has 6 nitrogen and oxygen atoms in total. The smallest absolute Gasteiger partial charge is 0.253 e. The molecule has 0 aromatic heterocycles. The van der Waals surface area contributed by atoms with Crippen LogP contribution in [-0.2, 0) is 6.54 Å². The van der Waals surface area contributed by atoms with Crippen molar-refractivity contribution in [3.05, 3.63) is 35.4 Å². The van der Waals surface area contributed by atoms with Crippen LogP contribution in [0.25, 0.3) is 0 Å². The molecule has 2 N–H and O–H groups in total. The number of aliphatic imine (C=N–C) groups is 1. The third kappa shape index (κ3) is 8.90. The van der Waals surface area contributed by atoms with E-state index >= 15 is 0 Å². The maximum Gasteiger partial charge on any atom is 0.253 e. The Bertz CT molecular complexity index is 633. The summed E-state index contributed by atoms with van der Waals surface area (Å²) in [7, 11) is 3.53. The van der Waals surface area contributed by atoms with E-state index in [2.05, 4.69) is 34.4 Å². The Hall–Kier alpha value is -1.35. The molecule has 164 valence electrons. The Kier molecular flexibility index (Phi) is 12.2. The normalized spacial score (nSPS) is 17.4. The number of carbonyl (C=O) groups excluding carboxylic acids is 1. The van der Waals surface area contributed by atoms with Crippen LogP contribution < -0.4 is 10.6 Å². The lowest BCUT2D eigenvalue weighted by molar-refractivity contribution is 0.0827. The molecule has 1 aliphatic heterocycles. The minimum atomic E-state index is 0. The highest BCUT2D eigenvalue weighted by atomic mass is 127. The highest BCUT2D eigenvalue weighted by Gasteiger charge is 2.17. The number of carbonyl (C=O) groups is 1. The molecule has 1 fully saturated rings. The van der Waals surface area contributed by atoms with Gasteiger partial charge in [-0.1, -0.05) is 18.6 Å². The van der Waals surface area contributed by atoms with Gasteiger partial charge in [-0.2, -0.15) is 0 Å². The fourth-order valence-corrected chi connectivity index (χ4v) is 3.50. The summed E-state index contributed by atoms with van der Waals surface area (Å²) in [5.41, 5.74) is 1.80. The number of rotatable bonds is 8. The second-order valence-corrected chi connectivity index (χ2v) is 7.75. The van der Waals surface area contributed by atoms with Gasteiger partial charge >= 0.3 is 0 Å². The van der Waals surface area contributed by atoms with Crippen molar-refractivity contribution < 1.29 is 4.79 Å². The van der Waals surface area contributed by atoms with E-state index in [1.165, 1.54) is 25.8 Å². The second-order valence-electron chi connectivity index (χ2n) is 7.75. The zero-order chi connectivity index (χ0) is 20.4. The number of benzene rings is 1. The molecule has 1 unspecified atom stereocenters. The molecule has 2 rings (SSSR count). The first kappa shape index (κ1) is 25.7. The molecule has 1 aromatic carbocycles. The lowest BCUT2D eigenvalue weighted by atomic mass is 10.0. The van der Waals surface area contributed by atoms with Crippen LogP contribution in [0, 0.1) is 0 Å². The van der Waals surface area contributed by atoms with Gasteiger partial charge in [0.15, 0.2) is 5.96 Å². The lowest BCUT2D eigenvalue weighted by Crippen LogP contribution is -2.41. The van der Waals surface area contributed by atoms with Crippen molar-refractivity contribution >= 4 is 35.8 Å². The number of piperidine rings is 1. The van der Waals surface area contributed by atoms with Gasteiger partial charge in [-0.15, -0.1) is 24.0 Å². The highest BCUT2D eigenvalue weighted by Crippen LogP contribution is 2.16. The maximum absolute atomic E-state index is 12.0. The summed E-state index contributed by atoms with van der Waals surface area (Å²) in [4.78, 5) is 20.8. The van der Waals surface area contributed by atoms with Crippen LogP contribution in [0.4, 0.5) is 0 Å². The summed E-state index contributed by atoms with van der Waals surface area (Å²) in [6, 6.07) is 8.40. The van der Waals surface area contributed by atoms with Crippen molar-refractivity contribution in [3.8, 4) is 0 Å². The molecule has 7 heteroatoms. The number of amides is 1. The fraction of sp³-hybridized carbons (Fsp3) is 0.636.